The van der Waals surface area contributed by atoms with Crippen molar-refractivity contribution in [2.75, 3.05) is 27.0 Å². The van der Waals surface area contributed by atoms with Crippen LogP contribution in [-0.4, -0.2) is 45.4 Å². The summed E-state index contributed by atoms with van der Waals surface area (Å²) in [5.74, 6) is 0. The van der Waals surface area contributed by atoms with Gasteiger partial charge in [0.25, 0.3) is 0 Å². The van der Waals surface area contributed by atoms with Crippen LogP contribution in [0.1, 0.15) is 11.1 Å². The number of hydrogen-bond acceptors (Lipinski definition) is 4. The second-order valence-corrected chi connectivity index (χ2v) is 6.20. The highest BCUT2D eigenvalue weighted by Crippen LogP contribution is 2.07. The molecule has 0 aliphatic carbocycles. The third-order valence-electron chi connectivity index (χ3n) is 2.52. The first-order chi connectivity index (χ1) is 8.34. The highest BCUT2D eigenvalue weighted by molar-refractivity contribution is 7.88. The molecule has 6 heteroatoms. The minimum absolute atomic E-state index is 0.176. The Balaban J connectivity index is 2.98. The Morgan fingerprint density at radius 2 is 1.89 bits per heavy atom. The SMILES string of the molecule is CON=C(CN(C)S(C)(=O)=O)c1ccc(C)cc1. The Hall–Kier alpha value is -1.40. The summed E-state index contributed by atoms with van der Waals surface area (Å²) >= 11 is 0. The van der Waals surface area contributed by atoms with Gasteiger partial charge in [-0.15, -0.1) is 0 Å². The maximum Gasteiger partial charge on any atom is 0.211 e. The molecule has 0 radical (unpaired) electrons. The molecule has 0 amide bonds. The zero-order chi connectivity index (χ0) is 13.8. The lowest BCUT2D eigenvalue weighted by molar-refractivity contribution is 0.212. The molecule has 0 bridgehead atoms. The third-order valence-corrected chi connectivity index (χ3v) is 3.79. The Kier molecular flexibility index (Phi) is 4.86. The first-order valence-corrected chi connectivity index (χ1v) is 7.28. The van der Waals surface area contributed by atoms with E-state index in [9.17, 15) is 8.42 Å². The van der Waals surface area contributed by atoms with Crippen LogP contribution in [0.5, 0.6) is 0 Å². The molecule has 18 heavy (non-hydrogen) atoms. The van der Waals surface area contributed by atoms with Gasteiger partial charge in [-0.3, -0.25) is 0 Å². The van der Waals surface area contributed by atoms with E-state index in [1.165, 1.54) is 18.5 Å². The van der Waals surface area contributed by atoms with E-state index >= 15 is 0 Å². The van der Waals surface area contributed by atoms with E-state index in [1.807, 2.05) is 31.2 Å². The van der Waals surface area contributed by atoms with E-state index in [4.69, 9.17) is 4.84 Å². The number of nitrogens with zero attached hydrogens (tertiary/aromatic N) is 2. The minimum atomic E-state index is -3.24. The number of oxime groups is 1. The van der Waals surface area contributed by atoms with Crippen molar-refractivity contribution in [3.63, 3.8) is 0 Å². The number of likely N-dealkylation sites (N-methyl/N-ethyl adjacent to an activating group) is 1. The number of aryl methyl sites for hydroxylation is 1. The molecule has 1 aromatic rings. The zero-order valence-electron chi connectivity index (χ0n) is 11.0. The molecule has 0 heterocycles. The molecular formula is C12H18N2O3S. The first kappa shape index (κ1) is 14.7. The van der Waals surface area contributed by atoms with Crippen LogP contribution in [0, 0.1) is 6.92 Å². The molecule has 0 atom stereocenters. The summed E-state index contributed by atoms with van der Waals surface area (Å²) < 4.78 is 24.0. The van der Waals surface area contributed by atoms with Gasteiger partial charge in [0.2, 0.25) is 10.0 Å². The third kappa shape index (κ3) is 4.12. The largest absolute Gasteiger partial charge is 0.399 e. The molecule has 5 nitrogen and oxygen atoms in total. The average Bonchev–Trinajstić information content (AvgIpc) is 2.28. The van der Waals surface area contributed by atoms with Gasteiger partial charge in [-0.25, -0.2) is 8.42 Å². The van der Waals surface area contributed by atoms with Crippen molar-refractivity contribution in [3.05, 3.63) is 35.4 Å². The Morgan fingerprint density at radius 1 is 1.33 bits per heavy atom. The van der Waals surface area contributed by atoms with Crippen molar-refractivity contribution in [2.24, 2.45) is 5.16 Å². The lowest BCUT2D eigenvalue weighted by Gasteiger charge is -2.15. The molecule has 0 aliphatic heterocycles. The van der Waals surface area contributed by atoms with E-state index in [1.54, 1.807) is 0 Å². The fraction of sp³-hybridized carbons (Fsp3) is 0.417. The highest BCUT2D eigenvalue weighted by Gasteiger charge is 2.15. The molecule has 0 saturated carbocycles. The Morgan fingerprint density at radius 3 is 2.33 bits per heavy atom. The summed E-state index contributed by atoms with van der Waals surface area (Å²) in [7, 11) is -0.288. The van der Waals surface area contributed by atoms with Crippen LogP contribution >= 0.6 is 0 Å². The van der Waals surface area contributed by atoms with Gasteiger partial charge in [-0.1, -0.05) is 35.0 Å². The molecule has 0 saturated heterocycles. The van der Waals surface area contributed by atoms with Crippen LogP contribution in [0.2, 0.25) is 0 Å². The van der Waals surface area contributed by atoms with Crippen LogP contribution in [0.4, 0.5) is 0 Å². The van der Waals surface area contributed by atoms with Crippen LogP contribution in [0.15, 0.2) is 29.4 Å². The molecule has 1 aromatic carbocycles. The average molecular weight is 270 g/mol. The van der Waals surface area contributed by atoms with Crippen molar-refractivity contribution in [2.45, 2.75) is 6.92 Å². The summed E-state index contributed by atoms with van der Waals surface area (Å²) in [4.78, 5) is 4.77. The smallest absolute Gasteiger partial charge is 0.211 e. The first-order valence-electron chi connectivity index (χ1n) is 5.43. The van der Waals surface area contributed by atoms with E-state index < -0.39 is 10.0 Å². The maximum absolute atomic E-state index is 11.4. The summed E-state index contributed by atoms with van der Waals surface area (Å²) in [5, 5.41) is 3.89. The quantitative estimate of drug-likeness (QED) is 0.597. The predicted octanol–water partition coefficient (Wildman–Crippen LogP) is 1.24. The highest BCUT2D eigenvalue weighted by atomic mass is 32.2. The molecule has 0 aromatic heterocycles. The predicted molar refractivity (Wildman–Crippen MR) is 72.2 cm³/mol. The second kappa shape index (κ2) is 5.97. The Bertz CT molecular complexity index is 521. The van der Waals surface area contributed by atoms with E-state index in [-0.39, 0.29) is 6.54 Å². The number of sulfonamides is 1. The van der Waals surface area contributed by atoms with E-state index in [0.29, 0.717) is 5.71 Å². The zero-order valence-corrected chi connectivity index (χ0v) is 11.9. The van der Waals surface area contributed by atoms with Gasteiger partial charge in [0, 0.05) is 12.6 Å². The lowest BCUT2D eigenvalue weighted by Crippen LogP contribution is -2.31. The summed E-state index contributed by atoms with van der Waals surface area (Å²) in [6.45, 7) is 2.16. The van der Waals surface area contributed by atoms with Crippen molar-refractivity contribution in [1.29, 1.82) is 0 Å². The molecule has 0 fully saturated rings. The maximum atomic E-state index is 11.4. The summed E-state index contributed by atoms with van der Waals surface area (Å²) in [6.07, 6.45) is 1.16. The summed E-state index contributed by atoms with van der Waals surface area (Å²) in [5.41, 5.74) is 2.55. The van der Waals surface area contributed by atoms with Crippen molar-refractivity contribution in [1.82, 2.24) is 4.31 Å². The molecular weight excluding hydrogens is 252 g/mol. The standard InChI is InChI=1S/C12H18N2O3S/c1-10-5-7-11(8-6-10)12(13-17-3)9-14(2)18(4,15)16/h5-8H,9H2,1-4H3. The van der Waals surface area contributed by atoms with Gasteiger partial charge in [-0.05, 0) is 6.92 Å². The number of rotatable bonds is 5. The van der Waals surface area contributed by atoms with Gasteiger partial charge < -0.3 is 4.84 Å². The topological polar surface area (TPSA) is 59.0 Å². The Labute approximate surface area is 108 Å². The fourth-order valence-corrected chi connectivity index (χ4v) is 1.71. The van der Waals surface area contributed by atoms with Gasteiger partial charge >= 0.3 is 0 Å². The van der Waals surface area contributed by atoms with Crippen molar-refractivity contribution >= 4 is 15.7 Å². The van der Waals surface area contributed by atoms with Crippen molar-refractivity contribution in [3.8, 4) is 0 Å². The van der Waals surface area contributed by atoms with Crippen molar-refractivity contribution < 1.29 is 13.3 Å². The molecule has 0 unspecified atom stereocenters. The number of hydrogen-bond donors (Lipinski definition) is 0. The fourth-order valence-electron chi connectivity index (χ4n) is 1.36. The second-order valence-electron chi connectivity index (χ2n) is 4.11. The minimum Gasteiger partial charge on any atom is -0.399 e. The monoisotopic (exact) mass is 270 g/mol. The van der Waals surface area contributed by atoms with Crippen LogP contribution in [0.3, 0.4) is 0 Å². The van der Waals surface area contributed by atoms with Gasteiger partial charge in [0.1, 0.15) is 12.8 Å². The van der Waals surface area contributed by atoms with Crippen LogP contribution < -0.4 is 0 Å². The van der Waals surface area contributed by atoms with E-state index in [0.717, 1.165) is 17.4 Å². The molecule has 0 spiro atoms. The lowest BCUT2D eigenvalue weighted by atomic mass is 10.1. The molecule has 0 aliphatic rings. The van der Waals surface area contributed by atoms with Crippen LogP contribution in [0.25, 0.3) is 0 Å². The van der Waals surface area contributed by atoms with E-state index in [2.05, 4.69) is 5.16 Å². The number of benzene rings is 1. The van der Waals surface area contributed by atoms with Gasteiger partial charge in [-0.2, -0.15) is 4.31 Å². The van der Waals surface area contributed by atoms with Crippen LogP contribution in [-0.2, 0) is 14.9 Å². The normalized spacial score (nSPS) is 12.8. The molecule has 1 rings (SSSR count). The van der Waals surface area contributed by atoms with Gasteiger partial charge in [0.15, 0.2) is 0 Å². The summed E-state index contributed by atoms with van der Waals surface area (Å²) in [6, 6.07) is 7.68. The molecule has 100 valence electrons. The molecule has 0 N–H and O–H groups in total. The van der Waals surface area contributed by atoms with Gasteiger partial charge in [0.05, 0.1) is 12.8 Å².